The van der Waals surface area contributed by atoms with Crippen molar-refractivity contribution in [3.63, 3.8) is 0 Å². The number of aromatic nitrogens is 2. The second-order valence-electron chi connectivity index (χ2n) is 4.31. The maximum Gasteiger partial charge on any atom is 0.206 e. The molecule has 0 spiro atoms. The lowest BCUT2D eigenvalue weighted by Gasteiger charge is -2.01. The third-order valence-corrected chi connectivity index (χ3v) is 4.85. The van der Waals surface area contributed by atoms with Crippen LogP contribution in [0.15, 0.2) is 45.4 Å². The molecule has 0 saturated carbocycles. The van der Waals surface area contributed by atoms with E-state index in [0.29, 0.717) is 27.3 Å². The molecule has 3 aromatic rings. The van der Waals surface area contributed by atoms with E-state index >= 15 is 0 Å². The summed E-state index contributed by atoms with van der Waals surface area (Å²) < 4.78 is 32.5. The Bertz CT molecular complexity index is 746. The van der Waals surface area contributed by atoms with Crippen molar-refractivity contribution in [1.29, 1.82) is 0 Å². The minimum atomic E-state index is -0.837. The normalized spacial score (nSPS) is 10.8. The molecule has 3 rings (SSSR count). The van der Waals surface area contributed by atoms with Crippen molar-refractivity contribution in [3.8, 4) is 0 Å². The Kier molecular flexibility index (Phi) is 4.69. The lowest BCUT2D eigenvalue weighted by atomic mass is 10.2. The van der Waals surface area contributed by atoms with Crippen molar-refractivity contribution >= 4 is 28.2 Å². The maximum atomic E-state index is 13.5. The maximum absolute atomic E-state index is 13.5. The number of thioether (sulfide) groups is 1. The largest absolute Gasteiger partial charge is 0.467 e. The molecule has 0 atom stereocenters. The molecule has 1 N–H and O–H groups in total. The number of nitrogens with zero attached hydrogens (tertiary/aromatic N) is 2. The minimum absolute atomic E-state index is 0.302. The monoisotopic (exact) mass is 339 g/mol. The summed E-state index contributed by atoms with van der Waals surface area (Å²) in [5, 5.41) is 11.7. The Morgan fingerprint density at radius 3 is 2.91 bits per heavy atom. The molecule has 2 aromatic heterocycles. The number of anilines is 1. The fourth-order valence-corrected chi connectivity index (χ4v) is 3.44. The highest BCUT2D eigenvalue weighted by Crippen LogP contribution is 2.29. The number of hydrogen-bond acceptors (Lipinski definition) is 6. The summed E-state index contributed by atoms with van der Waals surface area (Å²) in [5.41, 5.74) is 0.310. The first-order chi connectivity index (χ1) is 10.7. The molecule has 0 amide bonds. The van der Waals surface area contributed by atoms with Gasteiger partial charge < -0.3 is 9.73 Å². The summed E-state index contributed by atoms with van der Waals surface area (Å²) >= 11 is 2.67. The minimum Gasteiger partial charge on any atom is -0.467 e. The third kappa shape index (κ3) is 3.63. The van der Waals surface area contributed by atoms with Crippen molar-refractivity contribution in [3.05, 3.63) is 59.6 Å². The molecule has 4 nitrogen and oxygen atoms in total. The van der Waals surface area contributed by atoms with Crippen LogP contribution in [0.2, 0.25) is 0 Å². The van der Waals surface area contributed by atoms with Gasteiger partial charge in [0.15, 0.2) is 16.0 Å². The summed E-state index contributed by atoms with van der Waals surface area (Å²) in [4.78, 5) is 0. The Balaban J connectivity index is 1.56. The molecule has 0 fully saturated rings. The van der Waals surface area contributed by atoms with Crippen molar-refractivity contribution in [2.24, 2.45) is 0 Å². The van der Waals surface area contributed by atoms with Crippen LogP contribution >= 0.6 is 23.1 Å². The first kappa shape index (κ1) is 15.0. The highest BCUT2D eigenvalue weighted by Gasteiger charge is 2.10. The first-order valence-electron chi connectivity index (χ1n) is 6.38. The van der Waals surface area contributed by atoms with Gasteiger partial charge in [-0.15, -0.1) is 10.2 Å². The molecular formula is C14H11F2N3OS2. The molecule has 0 aliphatic carbocycles. The van der Waals surface area contributed by atoms with Gasteiger partial charge in [0.05, 0.1) is 12.8 Å². The Morgan fingerprint density at radius 1 is 1.18 bits per heavy atom. The Labute approximate surface area is 133 Å². The van der Waals surface area contributed by atoms with E-state index in [9.17, 15) is 8.78 Å². The second-order valence-corrected chi connectivity index (χ2v) is 6.51. The SMILES string of the molecule is Fc1cccc(CSc2nnc(NCc3ccco3)s2)c1F. The van der Waals surface area contributed by atoms with E-state index in [-0.39, 0.29) is 0 Å². The number of rotatable bonds is 6. The van der Waals surface area contributed by atoms with Crippen molar-refractivity contribution in [1.82, 2.24) is 10.2 Å². The van der Waals surface area contributed by atoms with Gasteiger partial charge in [0.1, 0.15) is 5.76 Å². The predicted octanol–water partition coefficient (Wildman–Crippen LogP) is 4.31. The van der Waals surface area contributed by atoms with Crippen LogP contribution < -0.4 is 5.32 Å². The van der Waals surface area contributed by atoms with Crippen LogP contribution in [-0.4, -0.2) is 10.2 Å². The van der Waals surface area contributed by atoms with Crippen LogP contribution in [0.3, 0.4) is 0 Å². The lowest BCUT2D eigenvalue weighted by molar-refractivity contribution is 0.502. The van der Waals surface area contributed by atoms with E-state index in [4.69, 9.17) is 4.42 Å². The summed E-state index contributed by atoms with van der Waals surface area (Å²) in [7, 11) is 0. The summed E-state index contributed by atoms with van der Waals surface area (Å²) in [6.07, 6.45) is 1.60. The summed E-state index contributed by atoms with van der Waals surface area (Å²) in [5.74, 6) is -0.547. The quantitative estimate of drug-likeness (QED) is 0.678. The Morgan fingerprint density at radius 2 is 2.09 bits per heavy atom. The van der Waals surface area contributed by atoms with Crippen LogP contribution in [0.1, 0.15) is 11.3 Å². The standard InChI is InChI=1S/C14H11F2N3OS2/c15-11-5-1-3-9(12(11)16)8-21-14-19-18-13(22-14)17-7-10-4-2-6-20-10/h1-6H,7-8H2,(H,17,18). The average Bonchev–Trinajstić information content (AvgIpc) is 3.18. The van der Waals surface area contributed by atoms with Crippen molar-refractivity contribution in [2.75, 3.05) is 5.32 Å². The van der Waals surface area contributed by atoms with Crippen LogP contribution in [0.4, 0.5) is 13.9 Å². The number of benzene rings is 1. The molecule has 0 aliphatic rings. The molecule has 0 bridgehead atoms. The molecule has 114 valence electrons. The lowest BCUT2D eigenvalue weighted by Crippen LogP contribution is -1.96. The number of nitrogens with one attached hydrogen (secondary N) is 1. The second kappa shape index (κ2) is 6.89. The molecular weight excluding hydrogens is 328 g/mol. The fraction of sp³-hybridized carbons (Fsp3) is 0.143. The topological polar surface area (TPSA) is 51.0 Å². The third-order valence-electron chi connectivity index (χ3n) is 2.78. The highest BCUT2D eigenvalue weighted by atomic mass is 32.2. The van der Waals surface area contributed by atoms with Gasteiger partial charge in [-0.05, 0) is 18.2 Å². The van der Waals surface area contributed by atoms with E-state index in [2.05, 4.69) is 15.5 Å². The number of hydrogen-bond donors (Lipinski definition) is 1. The molecule has 0 aliphatic heterocycles. The van der Waals surface area contributed by atoms with Gasteiger partial charge in [0.2, 0.25) is 5.13 Å². The zero-order valence-corrected chi connectivity index (χ0v) is 12.9. The van der Waals surface area contributed by atoms with Gasteiger partial charge >= 0.3 is 0 Å². The summed E-state index contributed by atoms with van der Waals surface area (Å²) in [6, 6.07) is 7.82. The Hall–Kier alpha value is -1.93. The van der Waals surface area contributed by atoms with E-state index in [1.807, 2.05) is 12.1 Å². The highest BCUT2D eigenvalue weighted by molar-refractivity contribution is 8.00. The molecule has 1 aromatic carbocycles. The zero-order chi connectivity index (χ0) is 15.4. The average molecular weight is 339 g/mol. The summed E-state index contributed by atoms with van der Waals surface area (Å²) in [6.45, 7) is 0.519. The van der Waals surface area contributed by atoms with Gasteiger partial charge in [-0.3, -0.25) is 0 Å². The molecule has 2 heterocycles. The van der Waals surface area contributed by atoms with E-state index in [1.165, 1.54) is 29.2 Å². The van der Waals surface area contributed by atoms with Crippen molar-refractivity contribution in [2.45, 2.75) is 16.6 Å². The number of furan rings is 1. The fourth-order valence-electron chi connectivity index (χ4n) is 1.71. The number of halogens is 2. The van der Waals surface area contributed by atoms with Crippen LogP contribution in [0, 0.1) is 11.6 Å². The van der Waals surface area contributed by atoms with Gasteiger partial charge in [0, 0.05) is 11.3 Å². The van der Waals surface area contributed by atoms with E-state index in [1.54, 1.807) is 12.3 Å². The zero-order valence-electron chi connectivity index (χ0n) is 11.3. The van der Waals surface area contributed by atoms with E-state index < -0.39 is 11.6 Å². The van der Waals surface area contributed by atoms with Gasteiger partial charge in [-0.25, -0.2) is 8.78 Å². The van der Waals surface area contributed by atoms with Gasteiger partial charge in [-0.1, -0.05) is 35.2 Å². The molecule has 8 heteroatoms. The molecule has 0 radical (unpaired) electrons. The molecule has 22 heavy (non-hydrogen) atoms. The van der Waals surface area contributed by atoms with Crippen LogP contribution in [0.25, 0.3) is 0 Å². The van der Waals surface area contributed by atoms with E-state index in [0.717, 1.165) is 11.8 Å². The van der Waals surface area contributed by atoms with Crippen molar-refractivity contribution < 1.29 is 13.2 Å². The first-order valence-corrected chi connectivity index (χ1v) is 8.18. The van der Waals surface area contributed by atoms with Gasteiger partial charge in [0.25, 0.3) is 0 Å². The van der Waals surface area contributed by atoms with Crippen LogP contribution in [0.5, 0.6) is 0 Å². The molecule has 0 unspecified atom stereocenters. The van der Waals surface area contributed by atoms with Gasteiger partial charge in [-0.2, -0.15) is 0 Å². The molecule has 0 saturated heterocycles. The van der Waals surface area contributed by atoms with Crippen LogP contribution in [-0.2, 0) is 12.3 Å². The smallest absolute Gasteiger partial charge is 0.206 e. The predicted molar refractivity (Wildman–Crippen MR) is 81.9 cm³/mol.